The van der Waals surface area contributed by atoms with Crippen LogP contribution < -0.4 is 10.6 Å². The van der Waals surface area contributed by atoms with E-state index in [0.717, 1.165) is 5.56 Å². The quantitative estimate of drug-likeness (QED) is 0.254. The van der Waals surface area contributed by atoms with Gasteiger partial charge in [0.2, 0.25) is 5.91 Å². The predicted molar refractivity (Wildman–Crippen MR) is 144 cm³/mol. The lowest BCUT2D eigenvalue weighted by Crippen LogP contribution is -2.29. The molecule has 13 heteroatoms. The number of hydrogen-bond donors (Lipinski definition) is 3. The average Bonchev–Trinajstić information content (AvgIpc) is 3.68. The minimum Gasteiger partial charge on any atom is -0.321 e. The number of benzene rings is 3. The minimum atomic E-state index is -0.531. The van der Waals surface area contributed by atoms with Gasteiger partial charge in [-0.1, -0.05) is 54.1 Å². The highest BCUT2D eigenvalue weighted by Crippen LogP contribution is 2.21. The second kappa shape index (κ2) is 11.7. The third kappa shape index (κ3) is 6.45. The van der Waals surface area contributed by atoms with E-state index >= 15 is 0 Å². The van der Waals surface area contributed by atoms with Crippen molar-refractivity contribution in [3.63, 3.8) is 0 Å². The third-order valence-electron chi connectivity index (χ3n) is 5.35. The van der Waals surface area contributed by atoms with Crippen LogP contribution in [0.2, 0.25) is 5.02 Å². The molecule has 0 aliphatic heterocycles. The molecule has 0 saturated heterocycles. The highest BCUT2D eigenvalue weighted by Gasteiger charge is 2.14. The Morgan fingerprint density at radius 1 is 0.974 bits per heavy atom. The van der Waals surface area contributed by atoms with E-state index in [0.29, 0.717) is 33.3 Å². The van der Waals surface area contributed by atoms with Gasteiger partial charge in [0.25, 0.3) is 5.91 Å². The van der Waals surface area contributed by atoms with Crippen molar-refractivity contribution in [3.05, 3.63) is 107 Å². The van der Waals surface area contributed by atoms with Crippen molar-refractivity contribution >= 4 is 41.3 Å². The van der Waals surface area contributed by atoms with Crippen molar-refractivity contribution in [3.8, 4) is 17.1 Å². The summed E-state index contributed by atoms with van der Waals surface area (Å²) in [5, 5.41) is 30.8. The number of tetrazole rings is 2. The van der Waals surface area contributed by atoms with E-state index < -0.39 is 11.8 Å². The van der Waals surface area contributed by atoms with Gasteiger partial charge in [0.15, 0.2) is 5.82 Å². The molecule has 0 unspecified atom stereocenters. The maximum atomic E-state index is 13.3. The second-order valence-corrected chi connectivity index (χ2v) is 8.47. The molecule has 0 bridgehead atoms. The van der Waals surface area contributed by atoms with Crippen LogP contribution in [0, 0.1) is 0 Å². The van der Waals surface area contributed by atoms with Crippen molar-refractivity contribution in [2.75, 3.05) is 5.32 Å². The Bertz CT molecular complexity index is 1650. The Morgan fingerprint density at radius 3 is 2.62 bits per heavy atom. The molecule has 0 saturated carbocycles. The van der Waals surface area contributed by atoms with Crippen LogP contribution >= 0.6 is 11.6 Å². The maximum absolute atomic E-state index is 13.3. The van der Waals surface area contributed by atoms with E-state index in [2.05, 4.69) is 46.8 Å². The van der Waals surface area contributed by atoms with E-state index in [4.69, 9.17) is 11.6 Å². The molecular formula is C26H19ClN10O2. The van der Waals surface area contributed by atoms with Gasteiger partial charge >= 0.3 is 0 Å². The van der Waals surface area contributed by atoms with Crippen LogP contribution in [-0.2, 0) is 9.59 Å². The molecule has 2 heterocycles. The summed E-state index contributed by atoms with van der Waals surface area (Å²) in [7, 11) is 0. The maximum Gasteiger partial charge on any atom is 0.272 e. The monoisotopic (exact) mass is 538 g/mol. The zero-order valence-corrected chi connectivity index (χ0v) is 20.8. The number of nitrogens with one attached hydrogen (secondary N) is 3. The Kier molecular flexibility index (Phi) is 7.56. The fourth-order valence-corrected chi connectivity index (χ4v) is 3.76. The molecule has 0 radical (unpaired) electrons. The molecule has 0 fully saturated rings. The molecule has 0 aliphatic rings. The standard InChI is InChI=1S/C26H19ClN10O2/c27-20-10-11-23(37-16-28-33-36-37)18(14-20)9-12-24(38)30-22(13-17-5-2-1-3-6-17)26(39)29-21-8-4-7-19(15-21)25-31-34-35-32-25/h1-16H,(H,29,39)(H,30,38)(H,31,32,34,35)/b12-9+,22-13+. The van der Waals surface area contributed by atoms with Crippen molar-refractivity contribution in [1.82, 2.24) is 46.1 Å². The Labute approximate surface area is 226 Å². The molecule has 2 aromatic heterocycles. The topological polar surface area (TPSA) is 156 Å². The van der Waals surface area contributed by atoms with E-state index in [1.807, 2.05) is 30.3 Å². The highest BCUT2D eigenvalue weighted by atomic mass is 35.5. The lowest BCUT2D eigenvalue weighted by molar-refractivity contribution is -0.118. The van der Waals surface area contributed by atoms with Crippen LogP contribution in [0.5, 0.6) is 0 Å². The smallest absolute Gasteiger partial charge is 0.272 e. The minimum absolute atomic E-state index is 0.0365. The summed E-state index contributed by atoms with van der Waals surface area (Å²) in [5.41, 5.74) is 3.15. The van der Waals surface area contributed by atoms with Crippen molar-refractivity contribution in [2.45, 2.75) is 0 Å². The van der Waals surface area contributed by atoms with Crippen molar-refractivity contribution in [1.29, 1.82) is 0 Å². The Morgan fingerprint density at radius 2 is 1.85 bits per heavy atom. The van der Waals surface area contributed by atoms with Gasteiger partial charge in [-0.15, -0.1) is 10.2 Å². The van der Waals surface area contributed by atoms with Gasteiger partial charge in [-0.05, 0) is 68.9 Å². The molecule has 0 spiro atoms. The number of carbonyl (C=O) groups is 2. The van der Waals surface area contributed by atoms with Crippen molar-refractivity contribution in [2.24, 2.45) is 0 Å². The first kappa shape index (κ1) is 25.2. The molecule has 192 valence electrons. The van der Waals surface area contributed by atoms with Crippen LogP contribution in [0.4, 0.5) is 5.69 Å². The van der Waals surface area contributed by atoms with E-state index in [1.165, 1.54) is 17.1 Å². The number of carbonyl (C=O) groups excluding carboxylic acids is 2. The molecular weight excluding hydrogens is 520 g/mol. The molecule has 2 amide bonds. The molecule has 3 N–H and O–H groups in total. The first-order chi connectivity index (χ1) is 19.0. The first-order valence-corrected chi connectivity index (χ1v) is 11.9. The fourth-order valence-electron chi connectivity index (χ4n) is 3.58. The molecule has 0 atom stereocenters. The number of amides is 2. The zero-order chi connectivity index (χ0) is 27.0. The van der Waals surface area contributed by atoms with Crippen LogP contribution in [0.25, 0.3) is 29.2 Å². The summed E-state index contributed by atoms with van der Waals surface area (Å²) in [6.07, 6.45) is 5.87. The normalized spacial score (nSPS) is 11.5. The molecule has 12 nitrogen and oxygen atoms in total. The largest absolute Gasteiger partial charge is 0.321 e. The van der Waals surface area contributed by atoms with Crippen LogP contribution in [0.1, 0.15) is 11.1 Å². The number of H-pyrrole nitrogens is 1. The lowest BCUT2D eigenvalue weighted by Gasteiger charge is -2.11. The predicted octanol–water partition coefficient (Wildman–Crippen LogP) is 3.30. The summed E-state index contributed by atoms with van der Waals surface area (Å²) in [6, 6.07) is 21.2. The molecule has 5 aromatic rings. The first-order valence-electron chi connectivity index (χ1n) is 11.5. The average molecular weight is 539 g/mol. The summed E-state index contributed by atoms with van der Waals surface area (Å²) in [6.45, 7) is 0. The highest BCUT2D eigenvalue weighted by molar-refractivity contribution is 6.30. The number of anilines is 1. The third-order valence-corrected chi connectivity index (χ3v) is 5.59. The number of halogens is 1. The lowest BCUT2D eigenvalue weighted by atomic mass is 10.1. The molecule has 0 aliphatic carbocycles. The SMILES string of the molecule is O=C(/C=C/c1cc(Cl)ccc1-n1cnnn1)N/C(=C/c1ccccc1)C(=O)Nc1cccc(-c2nnn[nH]2)c1. The zero-order valence-electron chi connectivity index (χ0n) is 20.1. The number of rotatable bonds is 8. The van der Waals surface area contributed by atoms with Gasteiger partial charge in [-0.2, -0.15) is 4.68 Å². The van der Waals surface area contributed by atoms with Crippen molar-refractivity contribution < 1.29 is 9.59 Å². The fraction of sp³-hybridized carbons (Fsp3) is 0. The number of hydrogen-bond acceptors (Lipinski definition) is 8. The number of nitrogens with zero attached hydrogens (tertiary/aromatic N) is 7. The number of aromatic amines is 1. The van der Waals surface area contributed by atoms with Crippen LogP contribution in [0.3, 0.4) is 0 Å². The van der Waals surface area contributed by atoms with Gasteiger partial charge in [0.1, 0.15) is 12.0 Å². The molecule has 5 rings (SSSR count). The summed E-state index contributed by atoms with van der Waals surface area (Å²) in [5.74, 6) is -0.603. The van der Waals surface area contributed by atoms with E-state index in [1.54, 1.807) is 54.6 Å². The van der Waals surface area contributed by atoms with Gasteiger partial charge in [-0.3, -0.25) is 9.59 Å². The Balaban J connectivity index is 1.38. The molecule has 3 aromatic carbocycles. The summed E-state index contributed by atoms with van der Waals surface area (Å²) >= 11 is 6.16. The Hall–Kier alpha value is -5.49. The van der Waals surface area contributed by atoms with Gasteiger partial charge in [0.05, 0.1) is 5.69 Å². The second-order valence-electron chi connectivity index (χ2n) is 8.03. The van der Waals surface area contributed by atoms with Gasteiger partial charge in [-0.25, -0.2) is 5.10 Å². The number of aromatic nitrogens is 8. The van der Waals surface area contributed by atoms with E-state index in [9.17, 15) is 9.59 Å². The van der Waals surface area contributed by atoms with Crippen LogP contribution in [-0.4, -0.2) is 52.6 Å². The van der Waals surface area contributed by atoms with Gasteiger partial charge < -0.3 is 10.6 Å². The van der Waals surface area contributed by atoms with Crippen LogP contribution in [0.15, 0.2) is 90.9 Å². The summed E-state index contributed by atoms with van der Waals surface area (Å²) in [4.78, 5) is 26.2. The van der Waals surface area contributed by atoms with E-state index in [-0.39, 0.29) is 5.70 Å². The summed E-state index contributed by atoms with van der Waals surface area (Å²) < 4.78 is 1.45. The molecule has 39 heavy (non-hydrogen) atoms. The van der Waals surface area contributed by atoms with Gasteiger partial charge in [0, 0.05) is 27.9 Å².